The minimum absolute atomic E-state index is 0.0143. The fourth-order valence-corrected chi connectivity index (χ4v) is 3.94. The van der Waals surface area contributed by atoms with Crippen molar-refractivity contribution in [1.29, 1.82) is 0 Å². The Morgan fingerprint density at radius 3 is 2.49 bits per heavy atom. The van der Waals surface area contributed by atoms with Crippen molar-refractivity contribution in [3.05, 3.63) is 40.4 Å². The Labute approximate surface area is 213 Å². The van der Waals surface area contributed by atoms with E-state index in [1.54, 1.807) is 31.2 Å². The molecule has 0 bridgehead atoms. The maximum Gasteiger partial charge on any atom is 0.513 e. The molecule has 1 aromatic heterocycles. The minimum atomic E-state index is -3.67. The molecule has 0 unspecified atom stereocenters. The lowest BCUT2D eigenvalue weighted by Crippen LogP contribution is -2.27. The number of fused-ring (bicyclic) bond motifs is 2. The van der Waals surface area contributed by atoms with E-state index in [9.17, 15) is 23.3 Å². The molecule has 0 aliphatic carbocycles. The zero-order valence-electron chi connectivity index (χ0n) is 20.9. The summed E-state index contributed by atoms with van der Waals surface area (Å²) in [5, 5.41) is 20.3. The number of ether oxygens (including phenoxy) is 2. The topological polar surface area (TPSA) is 166 Å². The minimum Gasteiger partial charge on any atom is -0.434 e. The highest BCUT2D eigenvalue weighted by Crippen LogP contribution is 2.47. The third-order valence-corrected chi connectivity index (χ3v) is 5.59. The molecule has 200 valence electrons. The van der Waals surface area contributed by atoms with Crippen molar-refractivity contribution < 1.29 is 32.2 Å². The van der Waals surface area contributed by atoms with E-state index in [0.717, 1.165) is 25.2 Å². The van der Waals surface area contributed by atoms with Crippen molar-refractivity contribution in [1.82, 2.24) is 14.7 Å². The summed E-state index contributed by atoms with van der Waals surface area (Å²) in [6.07, 6.45) is -0.0744. The Hall–Kier alpha value is -3.75. The van der Waals surface area contributed by atoms with Crippen LogP contribution in [0.1, 0.15) is 20.8 Å². The van der Waals surface area contributed by atoms with E-state index in [-0.39, 0.29) is 12.3 Å². The van der Waals surface area contributed by atoms with Crippen molar-refractivity contribution in [3.8, 4) is 17.0 Å². The first-order valence-electron chi connectivity index (χ1n) is 11.6. The molecule has 0 atom stereocenters. The van der Waals surface area contributed by atoms with Crippen LogP contribution >= 0.6 is 0 Å². The van der Waals surface area contributed by atoms with Crippen LogP contribution in [0.2, 0.25) is 0 Å². The van der Waals surface area contributed by atoms with E-state index in [4.69, 9.17) is 19.1 Å². The molecule has 0 amide bonds. The highest BCUT2D eigenvalue weighted by molar-refractivity contribution is 7.85. The quantitative estimate of drug-likeness (QED) is 0.110. The molecule has 3 aromatic rings. The number of aromatic nitrogens is 2. The van der Waals surface area contributed by atoms with E-state index in [1.807, 2.05) is 4.68 Å². The summed E-state index contributed by atoms with van der Waals surface area (Å²) in [5.41, 5.74) is 3.18. The number of rotatable bonds is 8. The number of likely N-dealkylation sites (N-methyl/N-ethyl adjacent to an activating group) is 1. The molecule has 0 radical (unpaired) electrons. The Bertz CT molecular complexity index is 1410. The second-order valence-electron chi connectivity index (χ2n) is 8.06. The van der Waals surface area contributed by atoms with Gasteiger partial charge in [-0.2, -0.15) is 13.5 Å². The molecule has 1 aliphatic rings. The smallest absolute Gasteiger partial charge is 0.434 e. The largest absolute Gasteiger partial charge is 0.513 e. The first-order chi connectivity index (χ1) is 17.5. The number of carbonyl (C=O) groups is 1. The van der Waals surface area contributed by atoms with Crippen molar-refractivity contribution in [3.63, 3.8) is 0 Å². The summed E-state index contributed by atoms with van der Waals surface area (Å²) in [5.74, 6) is 0.309. The summed E-state index contributed by atoms with van der Waals surface area (Å²) in [6.45, 7) is 9.43. The van der Waals surface area contributed by atoms with Gasteiger partial charge in [-0.1, -0.05) is 13.8 Å². The molecule has 37 heavy (non-hydrogen) atoms. The summed E-state index contributed by atoms with van der Waals surface area (Å²) < 4.78 is 37.8. The second-order valence-corrected chi connectivity index (χ2v) is 9.53. The van der Waals surface area contributed by atoms with E-state index >= 15 is 0 Å². The van der Waals surface area contributed by atoms with Crippen molar-refractivity contribution in [2.24, 2.45) is 0 Å². The Balaban J connectivity index is 0.000000695. The highest BCUT2D eigenvalue weighted by atomic mass is 32.2. The number of anilines is 2. The van der Waals surface area contributed by atoms with Gasteiger partial charge >= 0.3 is 6.16 Å². The zero-order chi connectivity index (χ0) is 27.3. The van der Waals surface area contributed by atoms with E-state index in [2.05, 4.69) is 24.1 Å². The molecule has 0 saturated heterocycles. The van der Waals surface area contributed by atoms with Gasteiger partial charge in [0.1, 0.15) is 17.1 Å². The highest BCUT2D eigenvalue weighted by Gasteiger charge is 2.29. The van der Waals surface area contributed by atoms with E-state index < -0.39 is 21.2 Å². The van der Waals surface area contributed by atoms with Crippen LogP contribution in [0.5, 0.6) is 5.75 Å². The maximum atomic E-state index is 11.7. The normalized spacial score (nSPS) is 11.8. The lowest BCUT2D eigenvalue weighted by molar-refractivity contribution is -0.383. The fraction of sp³-hybridized carbons (Fsp3) is 0.391. The number of nitro groups is 1. The first kappa shape index (κ1) is 27.8. The van der Waals surface area contributed by atoms with Crippen LogP contribution in [-0.2, 0) is 21.4 Å². The van der Waals surface area contributed by atoms with Crippen LogP contribution in [-0.4, -0.2) is 71.2 Å². The summed E-state index contributed by atoms with van der Waals surface area (Å²) in [7, 11) is -3.67. The maximum absolute atomic E-state index is 11.7. The number of hydrogen-bond acceptors (Lipinski definition) is 10. The second kappa shape index (κ2) is 11.5. The SMILES string of the molecule is CCOC(=O)Oc1ccc2c(c1)-c1nn(CCN(CC)CC)c3ccc([N+](=O)[O-])c(c13)N2.CS(=O)(=O)O. The standard InChI is InChI=1S/C22H25N5O5.CH4O3S/c1-4-25(5-2)11-12-26-17-9-10-18(27(29)30)21-19(17)20(24-26)15-13-14(7-8-16(15)23-21)32-22(28)31-6-3;1-5(2,3)4/h7-10,13,23H,4-6,11-12H2,1-3H3;1H3,(H,2,3,4). The van der Waals surface area contributed by atoms with Crippen LogP contribution in [0.4, 0.5) is 21.9 Å². The molecule has 0 saturated carbocycles. The third kappa shape index (κ3) is 6.72. The van der Waals surface area contributed by atoms with Crippen LogP contribution in [0.25, 0.3) is 22.2 Å². The number of nitrogens with zero attached hydrogens (tertiary/aromatic N) is 4. The van der Waals surface area contributed by atoms with Crippen molar-refractivity contribution in [2.45, 2.75) is 27.3 Å². The van der Waals surface area contributed by atoms with Gasteiger partial charge in [0.2, 0.25) is 0 Å². The van der Waals surface area contributed by atoms with Gasteiger partial charge in [0.05, 0.1) is 35.2 Å². The van der Waals surface area contributed by atoms with Gasteiger partial charge < -0.3 is 19.7 Å². The lowest BCUT2D eigenvalue weighted by atomic mass is 9.99. The molecule has 2 aromatic carbocycles. The summed E-state index contributed by atoms with van der Waals surface area (Å²) in [4.78, 5) is 25.3. The fourth-order valence-electron chi connectivity index (χ4n) is 3.94. The van der Waals surface area contributed by atoms with Crippen LogP contribution in [0, 0.1) is 10.1 Å². The lowest BCUT2D eigenvalue weighted by Gasteiger charge is -2.18. The summed E-state index contributed by atoms with van der Waals surface area (Å²) >= 11 is 0. The van der Waals surface area contributed by atoms with Gasteiger partial charge in [-0.25, -0.2) is 4.79 Å². The number of nitrogens with one attached hydrogen (secondary N) is 1. The average molecular weight is 536 g/mol. The summed E-state index contributed by atoms with van der Waals surface area (Å²) in [6, 6.07) is 8.26. The first-order valence-corrected chi connectivity index (χ1v) is 13.4. The van der Waals surface area contributed by atoms with Gasteiger partial charge in [-0.3, -0.25) is 19.3 Å². The Kier molecular flexibility index (Phi) is 8.68. The molecule has 1 aliphatic heterocycles. The average Bonchev–Trinajstić information content (AvgIpc) is 3.19. The van der Waals surface area contributed by atoms with Crippen molar-refractivity contribution in [2.75, 3.05) is 37.8 Å². The predicted molar refractivity (Wildman–Crippen MR) is 138 cm³/mol. The predicted octanol–water partition coefficient (Wildman–Crippen LogP) is 4.05. The molecular formula is C23H29N5O8S. The van der Waals surface area contributed by atoms with Crippen LogP contribution in [0.3, 0.4) is 0 Å². The molecule has 0 fully saturated rings. The number of carbonyl (C=O) groups excluding carboxylic acids is 1. The number of nitro benzene ring substituents is 1. The van der Waals surface area contributed by atoms with Gasteiger partial charge in [-0.15, -0.1) is 0 Å². The molecular weight excluding hydrogens is 506 g/mol. The zero-order valence-corrected chi connectivity index (χ0v) is 21.7. The molecule has 4 rings (SSSR count). The van der Waals surface area contributed by atoms with Gasteiger partial charge in [-0.05, 0) is 44.3 Å². The molecule has 2 heterocycles. The van der Waals surface area contributed by atoms with Crippen molar-refractivity contribution >= 4 is 44.2 Å². The van der Waals surface area contributed by atoms with E-state index in [1.165, 1.54) is 6.07 Å². The van der Waals surface area contributed by atoms with Crippen LogP contribution in [0.15, 0.2) is 30.3 Å². The van der Waals surface area contributed by atoms with Gasteiger partial charge in [0.15, 0.2) is 0 Å². The van der Waals surface area contributed by atoms with Gasteiger partial charge in [0, 0.05) is 23.9 Å². The van der Waals surface area contributed by atoms with Crippen LogP contribution < -0.4 is 10.1 Å². The molecule has 0 spiro atoms. The number of hydrogen-bond donors (Lipinski definition) is 2. The Morgan fingerprint density at radius 1 is 1.22 bits per heavy atom. The Morgan fingerprint density at radius 2 is 1.89 bits per heavy atom. The molecule has 2 N–H and O–H groups in total. The van der Waals surface area contributed by atoms with Gasteiger partial charge in [0.25, 0.3) is 15.8 Å². The van der Waals surface area contributed by atoms with E-state index in [0.29, 0.717) is 46.6 Å². The number of benzene rings is 2. The monoisotopic (exact) mass is 535 g/mol. The third-order valence-electron chi connectivity index (χ3n) is 5.59. The molecule has 14 heteroatoms. The molecule has 13 nitrogen and oxygen atoms in total.